The van der Waals surface area contributed by atoms with Gasteiger partial charge in [0.1, 0.15) is 5.75 Å². The summed E-state index contributed by atoms with van der Waals surface area (Å²) in [5, 5.41) is 15.2. The number of nitrogens with zero attached hydrogens (tertiary/aromatic N) is 2. The molecule has 8 heteroatoms. The molecule has 0 aliphatic carbocycles. The molecular formula is C20H28N4O4. The van der Waals surface area contributed by atoms with E-state index in [0.717, 1.165) is 28.0 Å². The first-order chi connectivity index (χ1) is 13.2. The van der Waals surface area contributed by atoms with Crippen molar-refractivity contribution in [1.29, 1.82) is 0 Å². The maximum Gasteiger partial charge on any atom is 0.314 e. The fourth-order valence-corrected chi connectivity index (χ4v) is 3.17. The molecule has 152 valence electrons. The summed E-state index contributed by atoms with van der Waals surface area (Å²) in [4.78, 5) is 38.1. The third-order valence-corrected chi connectivity index (χ3v) is 4.87. The third kappa shape index (κ3) is 5.56. The van der Waals surface area contributed by atoms with Gasteiger partial charge in [-0.05, 0) is 63.2 Å². The van der Waals surface area contributed by atoms with Crippen LogP contribution in [0.3, 0.4) is 0 Å². The van der Waals surface area contributed by atoms with Crippen LogP contribution in [0.25, 0.3) is 0 Å². The van der Waals surface area contributed by atoms with Crippen LogP contribution >= 0.6 is 0 Å². The lowest BCUT2D eigenvalue weighted by molar-refractivity contribution is -0.136. The van der Waals surface area contributed by atoms with Gasteiger partial charge in [0.05, 0.1) is 0 Å². The fourth-order valence-electron chi connectivity index (χ4n) is 3.17. The van der Waals surface area contributed by atoms with Crippen molar-refractivity contribution < 1.29 is 19.5 Å². The molecule has 1 heterocycles. The van der Waals surface area contributed by atoms with Gasteiger partial charge in [-0.15, -0.1) is 0 Å². The number of nitrogens with one attached hydrogen (secondary N) is 2. The molecule has 4 amide bonds. The third-order valence-electron chi connectivity index (χ3n) is 4.87. The topological polar surface area (TPSA) is 102 Å². The van der Waals surface area contributed by atoms with E-state index >= 15 is 0 Å². The van der Waals surface area contributed by atoms with Crippen molar-refractivity contribution in [2.75, 3.05) is 33.7 Å². The predicted molar refractivity (Wildman–Crippen MR) is 106 cm³/mol. The second-order valence-electron chi connectivity index (χ2n) is 7.18. The Morgan fingerprint density at radius 2 is 1.68 bits per heavy atom. The molecule has 1 aliphatic heterocycles. The number of hydrogen-bond acceptors (Lipinski definition) is 5. The van der Waals surface area contributed by atoms with Gasteiger partial charge in [0.2, 0.25) is 0 Å². The normalized spacial score (nSPS) is 14.7. The van der Waals surface area contributed by atoms with Gasteiger partial charge >= 0.3 is 6.03 Å². The second kappa shape index (κ2) is 9.36. The zero-order valence-electron chi connectivity index (χ0n) is 16.8. The lowest BCUT2D eigenvalue weighted by Crippen LogP contribution is -2.47. The summed E-state index contributed by atoms with van der Waals surface area (Å²) in [6.45, 7) is 4.69. The van der Waals surface area contributed by atoms with Crippen molar-refractivity contribution >= 4 is 17.8 Å². The van der Waals surface area contributed by atoms with E-state index in [1.807, 2.05) is 32.8 Å². The minimum absolute atomic E-state index is 0.0682. The van der Waals surface area contributed by atoms with Crippen LogP contribution in [0.15, 0.2) is 24.3 Å². The van der Waals surface area contributed by atoms with Crippen LogP contribution in [0.2, 0.25) is 0 Å². The minimum atomic E-state index is -0.362. The van der Waals surface area contributed by atoms with Crippen LogP contribution in [0, 0.1) is 13.8 Å². The molecule has 8 nitrogen and oxygen atoms in total. The number of amides is 4. The quantitative estimate of drug-likeness (QED) is 0.569. The van der Waals surface area contributed by atoms with Gasteiger partial charge in [0, 0.05) is 37.8 Å². The van der Waals surface area contributed by atoms with Gasteiger partial charge in [-0.25, -0.2) is 4.79 Å². The van der Waals surface area contributed by atoms with E-state index in [-0.39, 0.29) is 42.7 Å². The highest BCUT2D eigenvalue weighted by atomic mass is 16.3. The van der Waals surface area contributed by atoms with Gasteiger partial charge in [0.25, 0.3) is 11.8 Å². The molecular weight excluding hydrogens is 360 g/mol. The van der Waals surface area contributed by atoms with Gasteiger partial charge in [-0.2, -0.15) is 0 Å². The molecule has 0 saturated carbocycles. The number of phenolic OH excluding ortho intramolecular Hbond substituents is 1. The number of phenols is 1. The molecule has 0 unspecified atom stereocenters. The number of likely N-dealkylation sites (N-methyl/N-ethyl adjacent to an activating group) is 1. The van der Waals surface area contributed by atoms with Gasteiger partial charge in [-0.1, -0.05) is 0 Å². The molecule has 0 aromatic heterocycles. The summed E-state index contributed by atoms with van der Waals surface area (Å²) < 4.78 is 0. The molecule has 0 fully saturated rings. The number of rotatable bonds is 8. The maximum atomic E-state index is 12.1. The first-order valence-corrected chi connectivity index (χ1v) is 9.19. The summed E-state index contributed by atoms with van der Waals surface area (Å²) in [7, 11) is 3.90. The number of carbonyl (C=O) groups is 3. The molecule has 1 aromatic rings. The number of carbonyl (C=O) groups excluding carboxylic acids is 3. The standard InChI is InChI=1S/C20H28N4O4/c1-13-9-16(25)10-14(2)17(13)11-15(23(3)4)12-22-20(28)21-7-8-24-18(26)5-6-19(24)27/h5-6,9-10,15,25H,7-8,11-12H2,1-4H3,(H2,21,22,28)/t15-/m0/s1. The first-order valence-electron chi connectivity index (χ1n) is 9.19. The Kier molecular flexibility index (Phi) is 7.17. The molecule has 3 N–H and O–H groups in total. The smallest absolute Gasteiger partial charge is 0.314 e. The molecule has 1 aliphatic rings. The molecule has 0 bridgehead atoms. The Morgan fingerprint density at radius 3 is 2.21 bits per heavy atom. The minimum Gasteiger partial charge on any atom is -0.508 e. The highest BCUT2D eigenvalue weighted by molar-refractivity contribution is 6.12. The van der Waals surface area contributed by atoms with Gasteiger partial charge in [-0.3, -0.25) is 14.5 Å². The highest BCUT2D eigenvalue weighted by Gasteiger charge is 2.22. The van der Waals surface area contributed by atoms with E-state index in [2.05, 4.69) is 10.6 Å². The summed E-state index contributed by atoms with van der Waals surface area (Å²) in [6.07, 6.45) is 3.17. The summed E-state index contributed by atoms with van der Waals surface area (Å²) in [6, 6.07) is 3.20. The highest BCUT2D eigenvalue weighted by Crippen LogP contribution is 2.22. The van der Waals surface area contributed by atoms with Crippen LogP contribution in [-0.2, 0) is 16.0 Å². The number of benzene rings is 1. The van der Waals surface area contributed by atoms with Crippen LogP contribution in [0.1, 0.15) is 16.7 Å². The van der Waals surface area contributed by atoms with E-state index in [9.17, 15) is 19.5 Å². The summed E-state index contributed by atoms with van der Waals surface area (Å²) in [5.41, 5.74) is 3.18. The first kappa shape index (κ1) is 21.4. The fraction of sp³-hybridized carbons (Fsp3) is 0.450. The Bertz CT molecular complexity index is 747. The largest absolute Gasteiger partial charge is 0.508 e. The van der Waals surface area contributed by atoms with Crippen LogP contribution in [0.5, 0.6) is 5.75 Å². The van der Waals surface area contributed by atoms with E-state index in [1.54, 1.807) is 12.1 Å². The zero-order chi connectivity index (χ0) is 20.8. The molecule has 2 rings (SSSR count). The van der Waals surface area contributed by atoms with Crippen LogP contribution in [-0.4, -0.2) is 72.5 Å². The van der Waals surface area contributed by atoms with E-state index in [0.29, 0.717) is 6.54 Å². The average Bonchev–Trinajstić information content (AvgIpc) is 2.92. The predicted octanol–water partition coefficient (Wildman–Crippen LogP) is 0.706. The number of imide groups is 1. The molecule has 1 atom stereocenters. The molecule has 0 radical (unpaired) electrons. The van der Waals surface area contributed by atoms with Crippen LogP contribution in [0.4, 0.5) is 4.79 Å². The Morgan fingerprint density at radius 1 is 1.11 bits per heavy atom. The van der Waals surface area contributed by atoms with Crippen molar-refractivity contribution in [1.82, 2.24) is 20.4 Å². The molecule has 1 aromatic carbocycles. The Hall–Kier alpha value is -2.87. The van der Waals surface area contributed by atoms with E-state index < -0.39 is 0 Å². The maximum absolute atomic E-state index is 12.1. The van der Waals surface area contributed by atoms with Crippen molar-refractivity contribution in [2.45, 2.75) is 26.3 Å². The van der Waals surface area contributed by atoms with Crippen molar-refractivity contribution in [2.24, 2.45) is 0 Å². The molecule has 0 saturated heterocycles. The number of aryl methyl sites for hydroxylation is 2. The number of aromatic hydroxyl groups is 1. The van der Waals surface area contributed by atoms with Crippen LogP contribution < -0.4 is 10.6 Å². The van der Waals surface area contributed by atoms with Crippen molar-refractivity contribution in [3.8, 4) is 5.75 Å². The lowest BCUT2D eigenvalue weighted by atomic mass is 9.95. The lowest BCUT2D eigenvalue weighted by Gasteiger charge is -2.26. The zero-order valence-corrected chi connectivity index (χ0v) is 16.8. The van der Waals surface area contributed by atoms with Crippen molar-refractivity contribution in [3.05, 3.63) is 41.0 Å². The Balaban J connectivity index is 1.83. The van der Waals surface area contributed by atoms with Gasteiger partial charge in [0.15, 0.2) is 0 Å². The van der Waals surface area contributed by atoms with E-state index in [4.69, 9.17) is 0 Å². The second-order valence-corrected chi connectivity index (χ2v) is 7.18. The summed E-state index contributed by atoms with van der Waals surface area (Å²) in [5.74, 6) is -0.471. The SMILES string of the molecule is Cc1cc(O)cc(C)c1C[C@@H](CNC(=O)NCCN1C(=O)C=CC1=O)N(C)C. The average molecular weight is 388 g/mol. The monoisotopic (exact) mass is 388 g/mol. The number of urea groups is 1. The molecule has 0 spiro atoms. The number of hydrogen-bond donors (Lipinski definition) is 3. The van der Waals surface area contributed by atoms with E-state index in [1.165, 1.54) is 12.2 Å². The van der Waals surface area contributed by atoms with Crippen molar-refractivity contribution in [3.63, 3.8) is 0 Å². The van der Waals surface area contributed by atoms with Gasteiger partial charge < -0.3 is 20.6 Å². The Labute approximate surface area is 165 Å². The summed E-state index contributed by atoms with van der Waals surface area (Å²) >= 11 is 0. The molecule has 28 heavy (non-hydrogen) atoms.